The molecule has 0 aromatic carbocycles. The van der Waals surface area contributed by atoms with Crippen LogP contribution in [0.5, 0.6) is 0 Å². The van der Waals surface area contributed by atoms with Gasteiger partial charge in [-0.1, -0.05) is 6.07 Å². The number of hydrogen-bond acceptors (Lipinski definition) is 4. The van der Waals surface area contributed by atoms with E-state index >= 15 is 0 Å². The lowest BCUT2D eigenvalue weighted by atomic mass is 10.1. The van der Waals surface area contributed by atoms with Gasteiger partial charge in [0.05, 0.1) is 6.10 Å². The third-order valence-corrected chi connectivity index (χ3v) is 4.01. The molecule has 2 N–H and O–H groups in total. The van der Waals surface area contributed by atoms with Crippen molar-refractivity contribution in [1.29, 1.82) is 0 Å². The van der Waals surface area contributed by atoms with E-state index in [-0.39, 0.29) is 6.03 Å². The van der Waals surface area contributed by atoms with Crippen molar-refractivity contribution in [1.82, 2.24) is 24.8 Å². The Morgan fingerprint density at radius 2 is 2.30 bits per heavy atom. The number of aromatic nitrogens is 3. The second-order valence-electron chi connectivity index (χ2n) is 5.77. The minimum Gasteiger partial charge on any atom is -0.391 e. The number of hydrogen-bond donors (Lipinski definition) is 2. The number of carbonyl (C=O) groups excluding carboxylic acids is 1. The van der Waals surface area contributed by atoms with Gasteiger partial charge >= 0.3 is 6.03 Å². The molecule has 122 valence electrons. The highest BCUT2D eigenvalue weighted by Gasteiger charge is 2.21. The first kappa shape index (κ1) is 15.5. The molecule has 7 heteroatoms. The van der Waals surface area contributed by atoms with Gasteiger partial charge in [0.25, 0.3) is 0 Å². The lowest BCUT2D eigenvalue weighted by molar-refractivity contribution is 0.0842. The van der Waals surface area contributed by atoms with Crippen molar-refractivity contribution in [3.8, 4) is 5.82 Å². The van der Waals surface area contributed by atoms with Crippen molar-refractivity contribution < 1.29 is 9.90 Å². The van der Waals surface area contributed by atoms with E-state index in [9.17, 15) is 9.90 Å². The second-order valence-corrected chi connectivity index (χ2v) is 5.77. The van der Waals surface area contributed by atoms with Crippen LogP contribution in [0.15, 0.2) is 30.7 Å². The molecular weight excluding hydrogens is 294 g/mol. The first-order chi connectivity index (χ1) is 11.1. The largest absolute Gasteiger partial charge is 0.391 e. The summed E-state index contributed by atoms with van der Waals surface area (Å²) in [7, 11) is 0. The molecule has 2 amide bonds. The van der Waals surface area contributed by atoms with Gasteiger partial charge in [0, 0.05) is 38.2 Å². The fraction of sp³-hybridized carbons (Fsp3) is 0.438. The number of aryl methyl sites for hydroxylation is 1. The van der Waals surface area contributed by atoms with E-state index in [2.05, 4.69) is 15.3 Å². The van der Waals surface area contributed by atoms with Crippen molar-refractivity contribution in [2.75, 3.05) is 13.1 Å². The van der Waals surface area contributed by atoms with Gasteiger partial charge in [0.2, 0.25) is 0 Å². The quantitative estimate of drug-likeness (QED) is 0.893. The van der Waals surface area contributed by atoms with Gasteiger partial charge in [-0.2, -0.15) is 0 Å². The Morgan fingerprint density at radius 3 is 2.96 bits per heavy atom. The van der Waals surface area contributed by atoms with Gasteiger partial charge < -0.3 is 15.3 Å². The number of imidazole rings is 1. The third kappa shape index (κ3) is 3.68. The lowest BCUT2D eigenvalue weighted by Gasteiger charge is -2.30. The van der Waals surface area contributed by atoms with Crippen molar-refractivity contribution in [2.45, 2.75) is 32.4 Å². The lowest BCUT2D eigenvalue weighted by Crippen LogP contribution is -2.46. The number of piperidine rings is 1. The summed E-state index contributed by atoms with van der Waals surface area (Å²) < 4.78 is 1.90. The number of rotatable bonds is 3. The van der Waals surface area contributed by atoms with E-state index in [1.165, 1.54) is 0 Å². The van der Waals surface area contributed by atoms with E-state index in [0.717, 1.165) is 30.0 Å². The topological polar surface area (TPSA) is 83.3 Å². The Labute approximate surface area is 135 Å². The zero-order valence-corrected chi connectivity index (χ0v) is 13.1. The summed E-state index contributed by atoms with van der Waals surface area (Å²) in [6, 6.07) is 3.70. The molecule has 0 radical (unpaired) electrons. The number of carbonyl (C=O) groups is 1. The molecule has 0 aliphatic carbocycles. The molecule has 0 spiro atoms. The molecule has 1 atom stereocenters. The van der Waals surface area contributed by atoms with E-state index in [1.54, 1.807) is 17.3 Å². The number of amides is 2. The van der Waals surface area contributed by atoms with E-state index in [4.69, 9.17) is 0 Å². The highest BCUT2D eigenvalue weighted by Crippen LogP contribution is 2.11. The minimum absolute atomic E-state index is 0.140. The molecule has 23 heavy (non-hydrogen) atoms. The Bertz CT molecular complexity index is 667. The number of aliphatic hydroxyl groups excluding tert-OH is 1. The Kier molecular flexibility index (Phi) is 4.57. The zero-order chi connectivity index (χ0) is 16.2. The van der Waals surface area contributed by atoms with Crippen LogP contribution in [0.1, 0.15) is 24.2 Å². The average Bonchev–Trinajstić information content (AvgIpc) is 2.99. The molecular formula is C16H21N5O2. The number of aliphatic hydroxyl groups is 1. The standard InChI is InChI=1S/C16H21N5O2/c1-12-17-6-8-21(12)15-5-4-13(9-18-15)10-19-16(23)20-7-2-3-14(22)11-20/h4-6,8-9,14,22H,2-3,7,10-11H2,1H3,(H,19,23). The van der Waals surface area contributed by atoms with Crippen LogP contribution < -0.4 is 5.32 Å². The molecule has 0 bridgehead atoms. The fourth-order valence-corrected chi connectivity index (χ4v) is 2.71. The third-order valence-electron chi connectivity index (χ3n) is 4.01. The van der Waals surface area contributed by atoms with Crippen molar-refractivity contribution in [2.24, 2.45) is 0 Å². The van der Waals surface area contributed by atoms with Crippen LogP contribution in [0.2, 0.25) is 0 Å². The van der Waals surface area contributed by atoms with Gasteiger partial charge in [-0.3, -0.25) is 4.57 Å². The van der Waals surface area contributed by atoms with Gasteiger partial charge in [-0.05, 0) is 31.4 Å². The molecule has 1 unspecified atom stereocenters. The van der Waals surface area contributed by atoms with Gasteiger partial charge in [-0.25, -0.2) is 14.8 Å². The van der Waals surface area contributed by atoms with Crippen LogP contribution in [-0.2, 0) is 6.54 Å². The normalized spacial score (nSPS) is 18.0. The van der Waals surface area contributed by atoms with Crippen LogP contribution in [0.3, 0.4) is 0 Å². The molecule has 7 nitrogen and oxygen atoms in total. The molecule has 3 heterocycles. The average molecular weight is 315 g/mol. The Balaban J connectivity index is 1.56. The van der Waals surface area contributed by atoms with Crippen LogP contribution in [0.25, 0.3) is 5.82 Å². The number of urea groups is 1. The number of β-amino-alcohol motifs (C(OH)–C–C–N with tert-alkyl or cyclic N) is 1. The number of nitrogens with one attached hydrogen (secondary N) is 1. The Morgan fingerprint density at radius 1 is 1.43 bits per heavy atom. The highest BCUT2D eigenvalue weighted by atomic mass is 16.3. The second kappa shape index (κ2) is 6.78. The van der Waals surface area contributed by atoms with Crippen LogP contribution >= 0.6 is 0 Å². The summed E-state index contributed by atoms with van der Waals surface area (Å²) in [6.07, 6.45) is 6.55. The van der Waals surface area contributed by atoms with E-state index in [0.29, 0.717) is 19.6 Å². The monoisotopic (exact) mass is 315 g/mol. The summed E-state index contributed by atoms with van der Waals surface area (Å²) in [5, 5.41) is 12.5. The van der Waals surface area contributed by atoms with Crippen LogP contribution in [0, 0.1) is 6.92 Å². The Hall–Kier alpha value is -2.41. The molecule has 1 aliphatic rings. The smallest absolute Gasteiger partial charge is 0.317 e. The zero-order valence-electron chi connectivity index (χ0n) is 13.1. The molecule has 3 rings (SSSR count). The predicted molar refractivity (Wildman–Crippen MR) is 85.1 cm³/mol. The number of likely N-dealkylation sites (tertiary alicyclic amines) is 1. The maximum Gasteiger partial charge on any atom is 0.317 e. The SMILES string of the molecule is Cc1nccn1-c1ccc(CNC(=O)N2CCCC(O)C2)cn1. The van der Waals surface area contributed by atoms with Gasteiger partial charge in [0.1, 0.15) is 11.6 Å². The van der Waals surface area contributed by atoms with E-state index < -0.39 is 6.10 Å². The molecule has 1 saturated heterocycles. The fourth-order valence-electron chi connectivity index (χ4n) is 2.71. The van der Waals surface area contributed by atoms with Gasteiger partial charge in [0.15, 0.2) is 0 Å². The number of pyridine rings is 1. The highest BCUT2D eigenvalue weighted by molar-refractivity contribution is 5.74. The maximum atomic E-state index is 12.1. The van der Waals surface area contributed by atoms with Crippen LogP contribution in [0.4, 0.5) is 4.79 Å². The first-order valence-electron chi connectivity index (χ1n) is 7.79. The van der Waals surface area contributed by atoms with Crippen LogP contribution in [-0.4, -0.2) is 49.8 Å². The maximum absolute atomic E-state index is 12.1. The molecule has 0 saturated carbocycles. The van der Waals surface area contributed by atoms with Crippen molar-refractivity contribution in [3.05, 3.63) is 42.1 Å². The number of nitrogens with zero attached hydrogens (tertiary/aromatic N) is 4. The molecule has 1 aliphatic heterocycles. The summed E-state index contributed by atoms with van der Waals surface area (Å²) in [5.74, 6) is 1.68. The summed E-state index contributed by atoms with van der Waals surface area (Å²) >= 11 is 0. The van der Waals surface area contributed by atoms with E-state index in [1.807, 2.05) is 29.8 Å². The molecule has 1 fully saturated rings. The molecule has 2 aromatic rings. The molecule has 2 aromatic heterocycles. The predicted octanol–water partition coefficient (Wildman–Crippen LogP) is 1.24. The van der Waals surface area contributed by atoms with Crippen molar-refractivity contribution >= 4 is 6.03 Å². The summed E-state index contributed by atoms with van der Waals surface area (Å²) in [6.45, 7) is 3.44. The van der Waals surface area contributed by atoms with Gasteiger partial charge in [-0.15, -0.1) is 0 Å². The first-order valence-corrected chi connectivity index (χ1v) is 7.79. The minimum atomic E-state index is -0.408. The summed E-state index contributed by atoms with van der Waals surface area (Å²) in [5.41, 5.74) is 0.928. The summed E-state index contributed by atoms with van der Waals surface area (Å²) in [4.78, 5) is 22.3. The van der Waals surface area contributed by atoms with Crippen molar-refractivity contribution in [3.63, 3.8) is 0 Å².